The molecule has 1 amide bonds. The summed E-state index contributed by atoms with van der Waals surface area (Å²) < 4.78 is 53.5. The summed E-state index contributed by atoms with van der Waals surface area (Å²) in [5, 5.41) is 2.61. The third-order valence-corrected chi connectivity index (χ3v) is 7.27. The van der Waals surface area contributed by atoms with Crippen molar-refractivity contribution in [3.63, 3.8) is 0 Å². The summed E-state index contributed by atoms with van der Waals surface area (Å²) in [7, 11) is -2.20. The zero-order chi connectivity index (χ0) is 21.1. The van der Waals surface area contributed by atoms with Gasteiger partial charge in [-0.2, -0.15) is 13.1 Å². The molecule has 154 valence electrons. The molecule has 6 nitrogen and oxygen atoms in total. The second-order valence-corrected chi connectivity index (χ2v) is 9.06. The quantitative estimate of drug-likeness (QED) is 0.608. The number of amides is 1. The van der Waals surface area contributed by atoms with Gasteiger partial charge in [-0.3, -0.25) is 4.79 Å². The standard InChI is InChI=1S/C17H20ClF2N3O3S2/c1-4-23(5-2)28(25,26)11-9-14(22(3)10-11)16(24)21-13-8-6-7-12(18)15(13)27-17(19)20/h6-10,17H,4-5H2,1-3H3,(H,21,24). The largest absolute Gasteiger partial charge is 0.345 e. The van der Waals surface area contributed by atoms with E-state index in [-0.39, 0.29) is 38.0 Å². The highest BCUT2D eigenvalue weighted by Crippen LogP contribution is 2.37. The van der Waals surface area contributed by atoms with Crippen LogP contribution >= 0.6 is 23.4 Å². The van der Waals surface area contributed by atoms with Crippen molar-refractivity contribution < 1.29 is 22.0 Å². The van der Waals surface area contributed by atoms with Crippen LogP contribution in [0.1, 0.15) is 24.3 Å². The lowest BCUT2D eigenvalue weighted by Crippen LogP contribution is -2.30. The molecule has 1 N–H and O–H groups in total. The maximum Gasteiger partial charge on any atom is 0.289 e. The van der Waals surface area contributed by atoms with Crippen LogP contribution in [0.15, 0.2) is 40.3 Å². The van der Waals surface area contributed by atoms with Crippen molar-refractivity contribution in [2.24, 2.45) is 7.05 Å². The first-order valence-electron chi connectivity index (χ1n) is 8.33. The first-order chi connectivity index (χ1) is 13.1. The van der Waals surface area contributed by atoms with E-state index in [1.807, 2.05) is 0 Å². The summed E-state index contributed by atoms with van der Waals surface area (Å²) in [6.07, 6.45) is 1.34. The van der Waals surface area contributed by atoms with E-state index < -0.39 is 21.7 Å². The normalized spacial score (nSPS) is 12.0. The van der Waals surface area contributed by atoms with E-state index in [1.165, 1.54) is 46.4 Å². The van der Waals surface area contributed by atoms with Crippen molar-refractivity contribution in [2.45, 2.75) is 29.4 Å². The number of carbonyl (C=O) groups excluding carboxylic acids is 1. The summed E-state index contributed by atoms with van der Waals surface area (Å²) in [5.74, 6) is -3.35. The Hall–Kier alpha value is -1.62. The number of anilines is 1. The Morgan fingerprint density at radius 2 is 1.96 bits per heavy atom. The van der Waals surface area contributed by atoms with Gasteiger partial charge in [0.2, 0.25) is 10.0 Å². The van der Waals surface area contributed by atoms with Crippen molar-refractivity contribution >= 4 is 45.0 Å². The number of nitrogens with one attached hydrogen (secondary N) is 1. The van der Waals surface area contributed by atoms with Gasteiger partial charge < -0.3 is 9.88 Å². The van der Waals surface area contributed by atoms with Gasteiger partial charge in [0.25, 0.3) is 11.7 Å². The topological polar surface area (TPSA) is 71.4 Å². The summed E-state index contributed by atoms with van der Waals surface area (Å²) in [6.45, 7) is 4.04. The van der Waals surface area contributed by atoms with Gasteiger partial charge in [0.05, 0.1) is 15.6 Å². The second kappa shape index (κ2) is 9.25. The van der Waals surface area contributed by atoms with E-state index in [1.54, 1.807) is 13.8 Å². The highest BCUT2D eigenvalue weighted by atomic mass is 35.5. The van der Waals surface area contributed by atoms with Gasteiger partial charge in [-0.1, -0.05) is 43.3 Å². The molecule has 1 heterocycles. The predicted octanol–water partition coefficient (Wildman–Crippen LogP) is 4.28. The van der Waals surface area contributed by atoms with E-state index in [4.69, 9.17) is 11.6 Å². The molecular weight excluding hydrogens is 432 g/mol. The molecule has 1 aromatic heterocycles. The molecule has 28 heavy (non-hydrogen) atoms. The van der Waals surface area contributed by atoms with E-state index in [2.05, 4.69) is 5.32 Å². The Balaban J connectivity index is 2.35. The zero-order valence-corrected chi connectivity index (χ0v) is 17.8. The maximum atomic E-state index is 12.8. The fourth-order valence-electron chi connectivity index (χ4n) is 2.62. The minimum absolute atomic E-state index is 0.0166. The smallest absolute Gasteiger partial charge is 0.289 e. The molecule has 0 aliphatic carbocycles. The van der Waals surface area contributed by atoms with Crippen LogP contribution in [0.5, 0.6) is 0 Å². The Morgan fingerprint density at radius 1 is 1.32 bits per heavy atom. The number of rotatable bonds is 8. The molecule has 0 aliphatic heterocycles. The van der Waals surface area contributed by atoms with Gasteiger partial charge in [0.1, 0.15) is 10.6 Å². The number of halogens is 3. The van der Waals surface area contributed by atoms with Crippen molar-refractivity contribution in [3.8, 4) is 0 Å². The minimum atomic E-state index is -3.73. The Morgan fingerprint density at radius 3 is 2.54 bits per heavy atom. The second-order valence-electron chi connectivity index (χ2n) is 5.71. The molecule has 0 unspecified atom stereocenters. The summed E-state index contributed by atoms with van der Waals surface area (Å²) in [4.78, 5) is 12.7. The van der Waals surface area contributed by atoms with Crippen molar-refractivity contribution in [3.05, 3.63) is 41.2 Å². The molecule has 1 aromatic carbocycles. The first kappa shape index (κ1) is 22.7. The molecule has 0 saturated carbocycles. The number of hydrogen-bond donors (Lipinski definition) is 1. The summed E-state index contributed by atoms with van der Waals surface area (Å²) >= 11 is 6.19. The van der Waals surface area contributed by atoms with Gasteiger partial charge >= 0.3 is 0 Å². The van der Waals surface area contributed by atoms with Crippen LogP contribution in [0.2, 0.25) is 5.02 Å². The van der Waals surface area contributed by atoms with Gasteiger partial charge in [-0.15, -0.1) is 0 Å². The lowest BCUT2D eigenvalue weighted by molar-refractivity contribution is 0.101. The van der Waals surface area contributed by atoms with Crippen LogP contribution in [-0.4, -0.2) is 42.0 Å². The van der Waals surface area contributed by atoms with Gasteiger partial charge in [0, 0.05) is 26.3 Å². The first-order valence-corrected chi connectivity index (χ1v) is 11.0. The molecular formula is C17H20ClF2N3O3S2. The molecule has 0 spiro atoms. The number of sulfonamides is 1. The van der Waals surface area contributed by atoms with Crippen molar-refractivity contribution in [2.75, 3.05) is 18.4 Å². The maximum absolute atomic E-state index is 12.8. The number of thioether (sulfide) groups is 1. The van der Waals surface area contributed by atoms with Crippen LogP contribution in [0.25, 0.3) is 0 Å². The van der Waals surface area contributed by atoms with E-state index >= 15 is 0 Å². The molecule has 2 rings (SSSR count). The monoisotopic (exact) mass is 451 g/mol. The fraction of sp³-hybridized carbons (Fsp3) is 0.353. The number of alkyl halides is 2. The fourth-order valence-corrected chi connectivity index (χ4v) is 5.06. The molecule has 0 radical (unpaired) electrons. The van der Waals surface area contributed by atoms with E-state index in [0.29, 0.717) is 13.1 Å². The SMILES string of the molecule is CCN(CC)S(=O)(=O)c1cc(C(=O)Nc2cccc(Cl)c2SC(F)F)n(C)c1. The van der Waals surface area contributed by atoms with E-state index in [9.17, 15) is 22.0 Å². The molecule has 0 saturated heterocycles. The van der Waals surface area contributed by atoms with Crippen LogP contribution in [-0.2, 0) is 17.1 Å². The van der Waals surface area contributed by atoms with E-state index in [0.717, 1.165) is 0 Å². The predicted molar refractivity (Wildman–Crippen MR) is 107 cm³/mol. The lowest BCUT2D eigenvalue weighted by Gasteiger charge is -2.17. The molecule has 2 aromatic rings. The number of carbonyl (C=O) groups is 1. The van der Waals surface area contributed by atoms with Crippen LogP contribution in [0.4, 0.5) is 14.5 Å². The number of nitrogens with zero attached hydrogens (tertiary/aromatic N) is 2. The molecule has 0 fully saturated rings. The Labute approximate surface area is 171 Å². The Bertz CT molecular complexity index is 961. The summed E-state index contributed by atoms with van der Waals surface area (Å²) in [6, 6.07) is 5.67. The zero-order valence-electron chi connectivity index (χ0n) is 15.4. The third-order valence-electron chi connectivity index (χ3n) is 3.98. The van der Waals surface area contributed by atoms with Crippen molar-refractivity contribution in [1.29, 1.82) is 0 Å². The minimum Gasteiger partial charge on any atom is -0.345 e. The number of aromatic nitrogens is 1. The number of aryl methyl sites for hydroxylation is 1. The van der Waals surface area contributed by atoms with Gasteiger partial charge in [0.15, 0.2) is 0 Å². The Kier molecular flexibility index (Phi) is 7.49. The van der Waals surface area contributed by atoms with Crippen LogP contribution in [0.3, 0.4) is 0 Å². The third kappa shape index (κ3) is 4.86. The van der Waals surface area contributed by atoms with Crippen LogP contribution < -0.4 is 5.32 Å². The van der Waals surface area contributed by atoms with Crippen LogP contribution in [0, 0.1) is 0 Å². The highest BCUT2D eigenvalue weighted by molar-refractivity contribution is 7.99. The average Bonchev–Trinajstić information content (AvgIpc) is 3.01. The number of benzene rings is 1. The van der Waals surface area contributed by atoms with Gasteiger partial charge in [-0.25, -0.2) is 8.42 Å². The molecule has 0 bridgehead atoms. The molecule has 0 atom stereocenters. The highest BCUT2D eigenvalue weighted by Gasteiger charge is 2.26. The molecule has 11 heteroatoms. The number of hydrogen-bond acceptors (Lipinski definition) is 4. The average molecular weight is 452 g/mol. The van der Waals surface area contributed by atoms with Gasteiger partial charge in [-0.05, 0) is 18.2 Å². The molecule has 0 aliphatic rings. The summed E-state index contributed by atoms with van der Waals surface area (Å²) in [5.41, 5.74) is 0.191. The lowest BCUT2D eigenvalue weighted by atomic mass is 10.3. The van der Waals surface area contributed by atoms with Crippen molar-refractivity contribution in [1.82, 2.24) is 8.87 Å².